The molecule has 2 amide bonds. The van der Waals surface area contributed by atoms with Crippen LogP contribution in [0.4, 0.5) is 4.79 Å². The van der Waals surface area contributed by atoms with Gasteiger partial charge in [-0.2, -0.15) is 0 Å². The van der Waals surface area contributed by atoms with Crippen molar-refractivity contribution in [2.45, 2.75) is 25.0 Å². The van der Waals surface area contributed by atoms with Gasteiger partial charge in [0.05, 0.1) is 18.1 Å². The zero-order valence-corrected chi connectivity index (χ0v) is 18.9. The minimum absolute atomic E-state index is 0.0617. The molecule has 0 heterocycles. The second-order valence-corrected chi connectivity index (χ2v) is 8.34. The number of ether oxygens (including phenoxy) is 1. The number of rotatable bonds is 9. The van der Waals surface area contributed by atoms with Gasteiger partial charge >= 0.3 is 12.1 Å². The van der Waals surface area contributed by atoms with Gasteiger partial charge in [0.1, 0.15) is 6.61 Å². The quantitative estimate of drug-likeness (QED) is 0.377. The normalized spacial score (nSPS) is 12.8. The van der Waals surface area contributed by atoms with Gasteiger partial charge in [0, 0.05) is 19.0 Å². The van der Waals surface area contributed by atoms with Crippen LogP contribution in [0.25, 0.3) is 11.1 Å². The van der Waals surface area contributed by atoms with E-state index in [-0.39, 0.29) is 37.6 Å². The van der Waals surface area contributed by atoms with Crippen molar-refractivity contribution in [1.29, 1.82) is 0 Å². The number of carboxylic acids is 1. The summed E-state index contributed by atoms with van der Waals surface area (Å²) in [6, 6.07) is 22.2. The highest BCUT2D eigenvalue weighted by atomic mass is 16.5. The predicted octanol–water partition coefficient (Wildman–Crippen LogP) is 3.29. The lowest BCUT2D eigenvalue weighted by Crippen LogP contribution is -2.36. The van der Waals surface area contributed by atoms with E-state index in [2.05, 4.69) is 22.8 Å². The first kappa shape index (κ1) is 24.0. The first-order chi connectivity index (χ1) is 16.9. The second kappa shape index (κ2) is 10.8. The number of benzene rings is 3. The van der Waals surface area contributed by atoms with E-state index in [9.17, 15) is 19.5 Å². The summed E-state index contributed by atoms with van der Waals surface area (Å²) in [4.78, 5) is 35.2. The topological polar surface area (TPSA) is 125 Å². The number of alkyl carbamates (subject to hydrolysis) is 1. The van der Waals surface area contributed by atoms with Crippen LogP contribution in [0.5, 0.6) is 0 Å². The molecule has 0 saturated heterocycles. The maximum Gasteiger partial charge on any atom is 0.407 e. The molecular formula is C27H26N2O6. The van der Waals surface area contributed by atoms with Crippen molar-refractivity contribution in [2.24, 2.45) is 0 Å². The molecule has 0 radical (unpaired) electrons. The molecule has 3 aromatic carbocycles. The smallest absolute Gasteiger partial charge is 0.407 e. The first-order valence-electron chi connectivity index (χ1n) is 11.3. The van der Waals surface area contributed by atoms with Crippen LogP contribution in [0, 0.1) is 0 Å². The summed E-state index contributed by atoms with van der Waals surface area (Å²) in [5.74, 6) is -1.48. The molecule has 180 valence electrons. The van der Waals surface area contributed by atoms with Crippen molar-refractivity contribution in [1.82, 2.24) is 10.6 Å². The summed E-state index contributed by atoms with van der Waals surface area (Å²) in [5, 5.41) is 24.2. The molecule has 8 nitrogen and oxygen atoms in total. The summed E-state index contributed by atoms with van der Waals surface area (Å²) >= 11 is 0. The van der Waals surface area contributed by atoms with Crippen molar-refractivity contribution < 1.29 is 29.3 Å². The molecule has 0 spiro atoms. The third-order valence-electron chi connectivity index (χ3n) is 5.94. The highest BCUT2D eigenvalue weighted by Crippen LogP contribution is 2.44. The fraction of sp³-hybridized carbons (Fsp3) is 0.222. The van der Waals surface area contributed by atoms with Crippen LogP contribution in [0.1, 0.15) is 39.4 Å². The Labute approximate surface area is 202 Å². The Morgan fingerprint density at radius 1 is 0.857 bits per heavy atom. The van der Waals surface area contributed by atoms with Crippen LogP contribution in [0.2, 0.25) is 0 Å². The van der Waals surface area contributed by atoms with E-state index in [4.69, 9.17) is 9.84 Å². The van der Waals surface area contributed by atoms with Crippen LogP contribution >= 0.6 is 0 Å². The third-order valence-corrected chi connectivity index (χ3v) is 5.94. The summed E-state index contributed by atoms with van der Waals surface area (Å²) in [6.45, 7) is 0.236. The van der Waals surface area contributed by atoms with Crippen molar-refractivity contribution in [3.63, 3.8) is 0 Å². The minimum Gasteiger partial charge on any atom is -0.478 e. The Balaban J connectivity index is 1.20. The molecule has 4 rings (SSSR count). The largest absolute Gasteiger partial charge is 0.478 e. The Morgan fingerprint density at radius 3 is 2.06 bits per heavy atom. The minimum atomic E-state index is -1.08. The first-order valence-corrected chi connectivity index (χ1v) is 11.3. The highest BCUT2D eigenvalue weighted by Gasteiger charge is 2.29. The molecule has 1 aliphatic carbocycles. The number of aromatic carboxylic acids is 1. The average molecular weight is 475 g/mol. The van der Waals surface area contributed by atoms with Gasteiger partial charge in [0.25, 0.3) is 0 Å². The maximum absolute atomic E-state index is 12.2. The summed E-state index contributed by atoms with van der Waals surface area (Å²) in [6.07, 6.45) is -1.94. The number of nitrogens with one attached hydrogen (secondary N) is 2. The number of carboxylic acid groups (broad SMARTS) is 1. The molecule has 0 bridgehead atoms. The number of amides is 2. The number of carbonyl (C=O) groups excluding carboxylic acids is 2. The average Bonchev–Trinajstić information content (AvgIpc) is 3.19. The zero-order chi connectivity index (χ0) is 24.8. The molecule has 3 aromatic rings. The molecule has 35 heavy (non-hydrogen) atoms. The summed E-state index contributed by atoms with van der Waals surface area (Å²) < 4.78 is 5.42. The number of carbonyl (C=O) groups is 3. The van der Waals surface area contributed by atoms with Gasteiger partial charge in [0.2, 0.25) is 5.91 Å². The zero-order valence-electron chi connectivity index (χ0n) is 18.9. The van der Waals surface area contributed by atoms with Gasteiger partial charge in [-0.3, -0.25) is 4.79 Å². The van der Waals surface area contributed by atoms with Crippen LogP contribution in [-0.4, -0.2) is 47.4 Å². The van der Waals surface area contributed by atoms with E-state index in [1.807, 2.05) is 36.4 Å². The van der Waals surface area contributed by atoms with E-state index in [0.717, 1.165) is 27.8 Å². The van der Waals surface area contributed by atoms with E-state index in [0.29, 0.717) is 0 Å². The molecule has 0 fully saturated rings. The van der Waals surface area contributed by atoms with Gasteiger partial charge in [-0.15, -0.1) is 0 Å². The fourth-order valence-electron chi connectivity index (χ4n) is 4.17. The lowest BCUT2D eigenvalue weighted by molar-refractivity contribution is -0.123. The Kier molecular flexibility index (Phi) is 7.42. The molecule has 0 aromatic heterocycles. The number of hydrogen-bond acceptors (Lipinski definition) is 5. The van der Waals surface area contributed by atoms with Crippen LogP contribution in [0.15, 0.2) is 72.8 Å². The molecule has 1 atom stereocenters. The lowest BCUT2D eigenvalue weighted by atomic mass is 9.98. The SMILES string of the molecule is O=C(CC(O)CNC(=O)OCC1c2ccccc2-c2ccccc21)NCc1ccc(C(=O)O)cc1. The van der Waals surface area contributed by atoms with Crippen LogP contribution in [-0.2, 0) is 16.1 Å². The number of aliphatic hydroxyl groups is 1. The van der Waals surface area contributed by atoms with E-state index >= 15 is 0 Å². The maximum atomic E-state index is 12.2. The van der Waals surface area contributed by atoms with Crippen molar-refractivity contribution in [2.75, 3.05) is 13.2 Å². The predicted molar refractivity (Wildman–Crippen MR) is 129 cm³/mol. The highest BCUT2D eigenvalue weighted by molar-refractivity contribution is 5.87. The van der Waals surface area contributed by atoms with Gasteiger partial charge in [-0.25, -0.2) is 9.59 Å². The molecule has 1 aliphatic rings. The molecule has 0 saturated carbocycles. The molecule has 1 unspecified atom stereocenters. The van der Waals surface area contributed by atoms with E-state index in [1.54, 1.807) is 12.1 Å². The Morgan fingerprint density at radius 2 is 1.46 bits per heavy atom. The summed E-state index contributed by atoms with van der Waals surface area (Å²) in [7, 11) is 0. The van der Waals surface area contributed by atoms with Crippen molar-refractivity contribution in [3.8, 4) is 11.1 Å². The van der Waals surface area contributed by atoms with Crippen LogP contribution < -0.4 is 10.6 Å². The number of aliphatic hydroxyl groups excluding tert-OH is 1. The molecule has 4 N–H and O–H groups in total. The van der Waals surface area contributed by atoms with Crippen molar-refractivity contribution in [3.05, 3.63) is 95.1 Å². The second-order valence-electron chi connectivity index (χ2n) is 8.34. The van der Waals surface area contributed by atoms with Gasteiger partial charge in [-0.1, -0.05) is 60.7 Å². The fourth-order valence-corrected chi connectivity index (χ4v) is 4.17. The molecular weight excluding hydrogens is 448 g/mol. The summed E-state index contributed by atoms with van der Waals surface area (Å²) in [5.41, 5.74) is 5.38. The Bertz CT molecular complexity index is 1180. The van der Waals surface area contributed by atoms with E-state index < -0.39 is 24.1 Å². The number of hydrogen-bond donors (Lipinski definition) is 4. The molecule has 0 aliphatic heterocycles. The lowest BCUT2D eigenvalue weighted by Gasteiger charge is -2.16. The van der Waals surface area contributed by atoms with Gasteiger partial charge in [0.15, 0.2) is 0 Å². The molecule has 8 heteroatoms. The third kappa shape index (κ3) is 5.85. The van der Waals surface area contributed by atoms with Gasteiger partial charge < -0.3 is 25.6 Å². The van der Waals surface area contributed by atoms with Gasteiger partial charge in [-0.05, 0) is 39.9 Å². The van der Waals surface area contributed by atoms with Crippen molar-refractivity contribution >= 4 is 18.0 Å². The van der Waals surface area contributed by atoms with Crippen LogP contribution in [0.3, 0.4) is 0 Å². The monoisotopic (exact) mass is 474 g/mol. The Hall–Kier alpha value is -4.17. The number of fused-ring (bicyclic) bond motifs is 3. The standard InChI is InChI=1S/C27H26N2O6/c30-19(13-25(31)28-14-17-9-11-18(12-10-17)26(32)33)15-29-27(34)35-16-24-22-7-3-1-5-20(22)21-6-2-4-8-23(21)24/h1-12,19,24,30H,13-16H2,(H,28,31)(H,29,34)(H,32,33). The van der Waals surface area contributed by atoms with E-state index in [1.165, 1.54) is 12.1 Å².